The van der Waals surface area contributed by atoms with Crippen molar-refractivity contribution in [2.45, 2.75) is 13.3 Å². The van der Waals surface area contributed by atoms with E-state index in [1.807, 2.05) is 73.7 Å². The summed E-state index contributed by atoms with van der Waals surface area (Å²) < 4.78 is 0. The highest BCUT2D eigenvalue weighted by molar-refractivity contribution is 6.01. The standard InChI is InChI=1S/C20H17NO2/c1-15(18-12-11-17-9-5-6-10-19(17)14-18)21-23-20(22)13-16-7-3-2-4-8-16/h2-12,14H,13H2,1H3/b21-15-. The summed E-state index contributed by atoms with van der Waals surface area (Å²) in [6.45, 7) is 1.83. The molecule has 0 atom stereocenters. The zero-order valence-electron chi connectivity index (χ0n) is 12.9. The fourth-order valence-electron chi connectivity index (χ4n) is 2.38. The largest absolute Gasteiger partial charge is 0.339 e. The van der Waals surface area contributed by atoms with Crippen LogP contribution >= 0.6 is 0 Å². The van der Waals surface area contributed by atoms with Crippen molar-refractivity contribution < 1.29 is 9.63 Å². The van der Waals surface area contributed by atoms with Crippen LogP contribution in [0.3, 0.4) is 0 Å². The van der Waals surface area contributed by atoms with E-state index in [0.717, 1.165) is 16.5 Å². The minimum absolute atomic E-state index is 0.218. The van der Waals surface area contributed by atoms with Crippen molar-refractivity contribution in [2.75, 3.05) is 0 Å². The molecule has 0 bridgehead atoms. The number of rotatable bonds is 4. The second-order valence-electron chi connectivity index (χ2n) is 5.36. The number of carbonyl (C=O) groups is 1. The summed E-state index contributed by atoms with van der Waals surface area (Å²) in [5.74, 6) is -0.365. The Morgan fingerprint density at radius 1 is 0.913 bits per heavy atom. The SMILES string of the molecule is C/C(=N/OC(=O)Cc1ccccc1)c1ccc2ccccc2c1. The van der Waals surface area contributed by atoms with Crippen LogP contribution in [0.2, 0.25) is 0 Å². The van der Waals surface area contributed by atoms with Crippen LogP contribution < -0.4 is 0 Å². The molecule has 3 aromatic rings. The van der Waals surface area contributed by atoms with E-state index < -0.39 is 0 Å². The van der Waals surface area contributed by atoms with Gasteiger partial charge >= 0.3 is 5.97 Å². The van der Waals surface area contributed by atoms with Crippen LogP contribution in [0.15, 0.2) is 78.0 Å². The summed E-state index contributed by atoms with van der Waals surface area (Å²) in [5, 5.41) is 6.27. The maximum absolute atomic E-state index is 11.8. The maximum atomic E-state index is 11.8. The normalized spacial score (nSPS) is 11.4. The number of carbonyl (C=O) groups excluding carboxylic acids is 1. The summed E-state index contributed by atoms with van der Waals surface area (Å²) >= 11 is 0. The number of oxime groups is 1. The Morgan fingerprint density at radius 3 is 2.39 bits per heavy atom. The van der Waals surface area contributed by atoms with E-state index in [-0.39, 0.29) is 12.4 Å². The van der Waals surface area contributed by atoms with Gasteiger partial charge in [0, 0.05) is 0 Å². The van der Waals surface area contributed by atoms with Gasteiger partial charge in [0.1, 0.15) is 0 Å². The first kappa shape index (κ1) is 15.0. The van der Waals surface area contributed by atoms with Gasteiger partial charge in [-0.15, -0.1) is 0 Å². The molecule has 0 spiro atoms. The fourth-order valence-corrected chi connectivity index (χ4v) is 2.38. The van der Waals surface area contributed by atoms with E-state index in [9.17, 15) is 4.79 Å². The van der Waals surface area contributed by atoms with Gasteiger partial charge in [0.05, 0.1) is 12.1 Å². The van der Waals surface area contributed by atoms with Gasteiger partial charge in [-0.1, -0.05) is 71.9 Å². The summed E-state index contributed by atoms with van der Waals surface area (Å²) in [7, 11) is 0. The molecule has 114 valence electrons. The van der Waals surface area contributed by atoms with Crippen LogP contribution in [-0.4, -0.2) is 11.7 Å². The van der Waals surface area contributed by atoms with E-state index in [2.05, 4.69) is 11.2 Å². The van der Waals surface area contributed by atoms with E-state index in [1.54, 1.807) is 0 Å². The van der Waals surface area contributed by atoms with E-state index in [4.69, 9.17) is 4.84 Å². The second kappa shape index (κ2) is 6.88. The van der Waals surface area contributed by atoms with Crippen molar-refractivity contribution in [1.82, 2.24) is 0 Å². The molecule has 3 rings (SSSR count). The van der Waals surface area contributed by atoms with Gasteiger partial charge in [-0.25, -0.2) is 4.79 Å². The molecule has 3 aromatic carbocycles. The lowest BCUT2D eigenvalue weighted by molar-refractivity contribution is -0.142. The van der Waals surface area contributed by atoms with Crippen LogP contribution in [0.5, 0.6) is 0 Å². The topological polar surface area (TPSA) is 38.7 Å². The third-order valence-electron chi connectivity index (χ3n) is 3.64. The lowest BCUT2D eigenvalue weighted by atomic mass is 10.0. The molecule has 0 fully saturated rings. The highest BCUT2D eigenvalue weighted by Crippen LogP contribution is 2.16. The Morgan fingerprint density at radius 2 is 1.61 bits per heavy atom. The van der Waals surface area contributed by atoms with Gasteiger partial charge in [-0.3, -0.25) is 0 Å². The van der Waals surface area contributed by atoms with Crippen molar-refractivity contribution in [3.05, 3.63) is 83.9 Å². The smallest absolute Gasteiger partial charge is 0.318 e. The Kier molecular flexibility index (Phi) is 4.48. The van der Waals surface area contributed by atoms with Crippen molar-refractivity contribution in [3.8, 4) is 0 Å². The molecular weight excluding hydrogens is 286 g/mol. The molecule has 0 aliphatic carbocycles. The van der Waals surface area contributed by atoms with Crippen LogP contribution in [0.1, 0.15) is 18.1 Å². The average Bonchev–Trinajstić information content (AvgIpc) is 2.60. The minimum Gasteiger partial charge on any atom is -0.318 e. The average molecular weight is 303 g/mol. The Hall–Kier alpha value is -2.94. The maximum Gasteiger partial charge on any atom is 0.339 e. The van der Waals surface area contributed by atoms with Gasteiger partial charge in [0.15, 0.2) is 0 Å². The van der Waals surface area contributed by atoms with Crippen LogP contribution in [0, 0.1) is 0 Å². The molecular formula is C20H17NO2. The number of hydrogen-bond acceptors (Lipinski definition) is 3. The van der Waals surface area contributed by atoms with Crippen LogP contribution in [-0.2, 0) is 16.1 Å². The summed E-state index contributed by atoms with van der Waals surface area (Å²) in [4.78, 5) is 16.9. The van der Waals surface area contributed by atoms with Gasteiger partial charge in [-0.2, -0.15) is 0 Å². The molecule has 0 saturated heterocycles. The van der Waals surface area contributed by atoms with Gasteiger partial charge in [0.2, 0.25) is 0 Å². The molecule has 0 saturated carbocycles. The predicted molar refractivity (Wildman–Crippen MR) is 92.4 cm³/mol. The molecule has 0 radical (unpaired) electrons. The number of fused-ring (bicyclic) bond motifs is 1. The molecule has 3 heteroatoms. The lowest BCUT2D eigenvalue weighted by Gasteiger charge is -2.04. The summed E-state index contributed by atoms with van der Waals surface area (Å²) in [5.41, 5.74) is 2.53. The van der Waals surface area contributed by atoms with Crippen molar-refractivity contribution in [2.24, 2.45) is 5.16 Å². The van der Waals surface area contributed by atoms with Gasteiger partial charge in [-0.05, 0) is 34.9 Å². The van der Waals surface area contributed by atoms with E-state index >= 15 is 0 Å². The number of hydrogen-bond donors (Lipinski definition) is 0. The molecule has 0 aliphatic heterocycles. The monoisotopic (exact) mass is 303 g/mol. The van der Waals surface area contributed by atoms with Crippen molar-refractivity contribution in [1.29, 1.82) is 0 Å². The summed E-state index contributed by atoms with van der Waals surface area (Å²) in [6, 6.07) is 23.7. The molecule has 0 aliphatic rings. The van der Waals surface area contributed by atoms with E-state index in [1.165, 1.54) is 5.39 Å². The first-order chi connectivity index (χ1) is 11.2. The third kappa shape index (κ3) is 3.83. The predicted octanol–water partition coefficient (Wildman–Crippen LogP) is 4.35. The van der Waals surface area contributed by atoms with Gasteiger partial charge in [0.25, 0.3) is 0 Å². The highest BCUT2D eigenvalue weighted by atomic mass is 16.7. The van der Waals surface area contributed by atoms with Crippen LogP contribution in [0.25, 0.3) is 10.8 Å². The van der Waals surface area contributed by atoms with Gasteiger partial charge < -0.3 is 4.84 Å². The minimum atomic E-state index is -0.365. The molecule has 0 aromatic heterocycles. The first-order valence-electron chi connectivity index (χ1n) is 7.50. The first-order valence-corrected chi connectivity index (χ1v) is 7.50. The zero-order chi connectivity index (χ0) is 16.1. The molecule has 23 heavy (non-hydrogen) atoms. The third-order valence-corrected chi connectivity index (χ3v) is 3.64. The van der Waals surface area contributed by atoms with Crippen molar-refractivity contribution in [3.63, 3.8) is 0 Å². The molecule has 3 nitrogen and oxygen atoms in total. The lowest BCUT2D eigenvalue weighted by Crippen LogP contribution is -2.06. The zero-order valence-corrected chi connectivity index (χ0v) is 12.9. The summed E-state index contributed by atoms with van der Waals surface area (Å²) in [6.07, 6.45) is 0.218. The molecule has 0 amide bonds. The number of benzene rings is 3. The number of nitrogens with zero attached hydrogens (tertiary/aromatic N) is 1. The van der Waals surface area contributed by atoms with Crippen LogP contribution in [0.4, 0.5) is 0 Å². The molecule has 0 heterocycles. The quantitative estimate of drug-likeness (QED) is 0.408. The van der Waals surface area contributed by atoms with Crippen molar-refractivity contribution >= 4 is 22.5 Å². The second-order valence-corrected chi connectivity index (χ2v) is 5.36. The highest BCUT2D eigenvalue weighted by Gasteiger charge is 2.06. The molecule has 0 unspecified atom stereocenters. The Balaban J connectivity index is 1.69. The molecule has 0 N–H and O–H groups in total. The Bertz CT molecular complexity index is 854. The van der Waals surface area contributed by atoms with E-state index in [0.29, 0.717) is 5.71 Å². The fraction of sp³-hybridized carbons (Fsp3) is 0.100. The Labute approximate surface area is 135 Å².